The number of amides is 1. The molecule has 2 aromatic carbocycles. The fourth-order valence-electron chi connectivity index (χ4n) is 3.45. The summed E-state index contributed by atoms with van der Waals surface area (Å²) in [5, 5.41) is 11.8. The summed E-state index contributed by atoms with van der Waals surface area (Å²) in [5.74, 6) is -0.290. The zero-order valence-electron chi connectivity index (χ0n) is 17.0. The maximum Gasteiger partial charge on any atom is 0.270 e. The number of thioether (sulfide) groups is 1. The molecule has 3 aromatic rings. The van der Waals surface area contributed by atoms with Gasteiger partial charge in [0.05, 0.1) is 28.4 Å². The zero-order chi connectivity index (χ0) is 21.8. The molecule has 1 aromatic heterocycles. The Labute approximate surface area is 188 Å². The van der Waals surface area contributed by atoms with Crippen molar-refractivity contribution in [3.8, 4) is 0 Å². The van der Waals surface area contributed by atoms with Gasteiger partial charge in [0.15, 0.2) is 5.13 Å². The minimum Gasteiger partial charge on any atom is -0.379 e. The minimum absolute atomic E-state index is 0.104. The molecular formula is C21H22N4O4S2. The molecule has 1 fully saturated rings. The van der Waals surface area contributed by atoms with E-state index in [1.165, 1.54) is 29.5 Å². The maximum absolute atomic E-state index is 13.4. The van der Waals surface area contributed by atoms with Crippen LogP contribution in [0, 0.1) is 10.1 Å². The minimum atomic E-state index is -0.489. The highest BCUT2D eigenvalue weighted by Gasteiger charge is 2.24. The number of rotatable bonds is 7. The van der Waals surface area contributed by atoms with E-state index in [0.717, 1.165) is 28.2 Å². The zero-order valence-corrected chi connectivity index (χ0v) is 18.7. The monoisotopic (exact) mass is 458 g/mol. The summed E-state index contributed by atoms with van der Waals surface area (Å²) in [7, 11) is 0. The number of aromatic nitrogens is 1. The van der Waals surface area contributed by atoms with E-state index in [9.17, 15) is 14.9 Å². The number of hydrogen-bond donors (Lipinski definition) is 0. The number of non-ortho nitro benzene ring substituents is 1. The molecule has 0 saturated carbocycles. The summed E-state index contributed by atoms with van der Waals surface area (Å²) in [6, 6.07) is 11.8. The number of morpholine rings is 1. The van der Waals surface area contributed by atoms with E-state index in [4.69, 9.17) is 9.72 Å². The van der Waals surface area contributed by atoms with Crippen LogP contribution in [-0.2, 0) is 4.74 Å². The van der Waals surface area contributed by atoms with E-state index >= 15 is 0 Å². The van der Waals surface area contributed by atoms with Gasteiger partial charge in [0.2, 0.25) is 0 Å². The van der Waals surface area contributed by atoms with Crippen LogP contribution in [0.1, 0.15) is 10.4 Å². The third-order valence-electron chi connectivity index (χ3n) is 5.11. The number of fused-ring (bicyclic) bond motifs is 1. The number of anilines is 1. The predicted molar refractivity (Wildman–Crippen MR) is 123 cm³/mol. The lowest BCUT2D eigenvalue weighted by atomic mass is 10.2. The first kappa shape index (κ1) is 21.7. The first-order chi connectivity index (χ1) is 15.1. The van der Waals surface area contributed by atoms with Crippen LogP contribution in [0.2, 0.25) is 0 Å². The van der Waals surface area contributed by atoms with Crippen molar-refractivity contribution in [3.63, 3.8) is 0 Å². The van der Waals surface area contributed by atoms with Crippen LogP contribution in [0.25, 0.3) is 10.2 Å². The van der Waals surface area contributed by atoms with Gasteiger partial charge in [0.25, 0.3) is 11.6 Å². The van der Waals surface area contributed by atoms with Crippen LogP contribution in [-0.4, -0.2) is 66.4 Å². The number of nitrogens with zero attached hydrogens (tertiary/aromatic N) is 4. The number of carbonyl (C=O) groups is 1. The normalized spacial score (nSPS) is 14.6. The van der Waals surface area contributed by atoms with Gasteiger partial charge >= 0.3 is 0 Å². The first-order valence-corrected chi connectivity index (χ1v) is 11.9. The SMILES string of the molecule is CSc1cccc2sc(N(CCN3CCOCC3)C(=O)c3cccc([N+](=O)[O-])c3)nc12. The van der Waals surface area contributed by atoms with Crippen molar-refractivity contribution < 1.29 is 14.5 Å². The fourth-order valence-corrected chi connectivity index (χ4v) is 5.10. The Morgan fingerprint density at radius 3 is 2.81 bits per heavy atom. The molecule has 4 rings (SSSR count). The van der Waals surface area contributed by atoms with Gasteiger partial charge in [-0.2, -0.15) is 0 Å². The van der Waals surface area contributed by atoms with Crippen molar-refractivity contribution in [3.05, 3.63) is 58.1 Å². The molecule has 8 nitrogen and oxygen atoms in total. The first-order valence-electron chi connectivity index (χ1n) is 9.87. The second-order valence-corrected chi connectivity index (χ2v) is 8.88. The van der Waals surface area contributed by atoms with Crippen molar-refractivity contribution in [2.24, 2.45) is 0 Å². The van der Waals surface area contributed by atoms with Crippen LogP contribution in [0.3, 0.4) is 0 Å². The topological polar surface area (TPSA) is 88.8 Å². The summed E-state index contributed by atoms with van der Waals surface area (Å²) >= 11 is 3.07. The quantitative estimate of drug-likeness (QED) is 0.301. The molecule has 0 radical (unpaired) electrons. The molecule has 0 atom stereocenters. The highest BCUT2D eigenvalue weighted by molar-refractivity contribution is 7.98. The Balaban J connectivity index is 1.68. The number of para-hydroxylation sites is 1. The molecule has 2 heterocycles. The van der Waals surface area contributed by atoms with Gasteiger partial charge in [-0.25, -0.2) is 4.98 Å². The second-order valence-electron chi connectivity index (χ2n) is 7.02. The number of benzene rings is 2. The smallest absolute Gasteiger partial charge is 0.270 e. The average Bonchev–Trinajstić information content (AvgIpc) is 3.24. The third-order valence-corrected chi connectivity index (χ3v) is 6.93. The van der Waals surface area contributed by atoms with Crippen molar-refractivity contribution >= 4 is 50.0 Å². The lowest BCUT2D eigenvalue weighted by molar-refractivity contribution is -0.384. The Hall–Kier alpha value is -2.53. The van der Waals surface area contributed by atoms with Gasteiger partial charge in [-0.05, 0) is 24.5 Å². The predicted octanol–water partition coefficient (Wildman–Crippen LogP) is 3.91. The molecule has 0 unspecified atom stereocenters. The lowest BCUT2D eigenvalue weighted by Gasteiger charge is -2.29. The molecule has 0 bridgehead atoms. The summed E-state index contributed by atoms with van der Waals surface area (Å²) in [4.78, 5) is 33.9. The Kier molecular flexibility index (Phi) is 6.81. The molecule has 1 aliphatic rings. The number of nitro groups is 1. The molecular weight excluding hydrogens is 436 g/mol. The van der Waals surface area contributed by atoms with E-state index in [1.807, 2.05) is 24.5 Å². The highest BCUT2D eigenvalue weighted by Crippen LogP contribution is 2.34. The van der Waals surface area contributed by atoms with Crippen LogP contribution in [0.4, 0.5) is 10.8 Å². The van der Waals surface area contributed by atoms with E-state index in [0.29, 0.717) is 31.4 Å². The molecule has 31 heavy (non-hydrogen) atoms. The highest BCUT2D eigenvalue weighted by atomic mass is 32.2. The Morgan fingerprint density at radius 2 is 2.06 bits per heavy atom. The molecule has 1 saturated heterocycles. The fraction of sp³-hybridized carbons (Fsp3) is 0.333. The molecule has 0 spiro atoms. The molecule has 10 heteroatoms. The van der Waals surface area contributed by atoms with Gasteiger partial charge in [0, 0.05) is 48.8 Å². The number of hydrogen-bond acceptors (Lipinski definition) is 8. The van der Waals surface area contributed by atoms with Gasteiger partial charge in [0.1, 0.15) is 0 Å². The van der Waals surface area contributed by atoms with E-state index in [2.05, 4.69) is 4.90 Å². The van der Waals surface area contributed by atoms with Crippen LogP contribution in [0.15, 0.2) is 47.4 Å². The number of nitro benzene ring substituents is 1. The molecule has 1 amide bonds. The van der Waals surface area contributed by atoms with Crippen molar-refractivity contribution in [1.29, 1.82) is 0 Å². The van der Waals surface area contributed by atoms with Gasteiger partial charge in [-0.3, -0.25) is 24.7 Å². The molecule has 0 N–H and O–H groups in total. The van der Waals surface area contributed by atoms with Gasteiger partial charge in [-0.1, -0.05) is 23.5 Å². The van der Waals surface area contributed by atoms with Crippen molar-refractivity contribution in [2.45, 2.75) is 4.90 Å². The molecule has 162 valence electrons. The van der Waals surface area contributed by atoms with E-state index in [1.54, 1.807) is 22.7 Å². The summed E-state index contributed by atoms with van der Waals surface area (Å²) in [5.41, 5.74) is 1.05. The largest absolute Gasteiger partial charge is 0.379 e. The van der Waals surface area contributed by atoms with E-state index in [-0.39, 0.29) is 17.2 Å². The van der Waals surface area contributed by atoms with Gasteiger partial charge < -0.3 is 4.74 Å². The Morgan fingerprint density at radius 1 is 1.29 bits per heavy atom. The lowest BCUT2D eigenvalue weighted by Crippen LogP contribution is -2.43. The number of carbonyl (C=O) groups excluding carboxylic acids is 1. The maximum atomic E-state index is 13.4. The standard InChI is InChI=1S/C21H22N4O4S2/c1-30-17-6-3-7-18-19(17)22-21(31-18)24(9-8-23-10-12-29-13-11-23)20(26)15-4-2-5-16(14-15)25(27)28/h2-7,14H,8-13H2,1H3. The molecule has 1 aliphatic heterocycles. The van der Waals surface area contributed by atoms with E-state index < -0.39 is 4.92 Å². The van der Waals surface area contributed by atoms with Crippen LogP contribution < -0.4 is 4.90 Å². The van der Waals surface area contributed by atoms with Gasteiger partial charge in [-0.15, -0.1) is 11.8 Å². The van der Waals surface area contributed by atoms with Crippen molar-refractivity contribution in [1.82, 2.24) is 9.88 Å². The number of thiazole rings is 1. The second kappa shape index (κ2) is 9.73. The van der Waals surface area contributed by atoms with Crippen molar-refractivity contribution in [2.75, 3.05) is 50.5 Å². The number of ether oxygens (including phenoxy) is 1. The summed E-state index contributed by atoms with van der Waals surface area (Å²) in [6.07, 6.45) is 2.00. The van der Waals surface area contributed by atoms with Crippen LogP contribution in [0.5, 0.6) is 0 Å². The average molecular weight is 459 g/mol. The molecule has 0 aliphatic carbocycles. The summed E-state index contributed by atoms with van der Waals surface area (Å²) in [6.45, 7) is 4.10. The third kappa shape index (κ3) is 4.87. The summed E-state index contributed by atoms with van der Waals surface area (Å²) < 4.78 is 6.41. The van der Waals surface area contributed by atoms with Crippen LogP contribution >= 0.6 is 23.1 Å². The Bertz CT molecular complexity index is 1100.